The predicted molar refractivity (Wildman–Crippen MR) is 73.8 cm³/mol. The van der Waals surface area contributed by atoms with Crippen molar-refractivity contribution in [2.24, 2.45) is 0 Å². The number of methoxy groups -OCH3 is 1. The van der Waals surface area contributed by atoms with Crippen molar-refractivity contribution in [3.05, 3.63) is 29.8 Å². The molecule has 0 spiro atoms. The molecule has 20 heavy (non-hydrogen) atoms. The Morgan fingerprint density at radius 3 is 2.65 bits per heavy atom. The number of benzene rings is 1. The van der Waals surface area contributed by atoms with Crippen LogP contribution in [0.5, 0.6) is 5.75 Å². The zero-order chi connectivity index (χ0) is 14.1. The molecule has 2 aliphatic heterocycles. The van der Waals surface area contributed by atoms with Gasteiger partial charge in [-0.3, -0.25) is 9.69 Å². The first-order chi connectivity index (χ1) is 9.70. The van der Waals surface area contributed by atoms with E-state index >= 15 is 0 Å². The summed E-state index contributed by atoms with van der Waals surface area (Å²) in [6.07, 6.45) is 3.17. The lowest BCUT2D eigenvalue weighted by Gasteiger charge is -2.27. The van der Waals surface area contributed by atoms with Crippen molar-refractivity contribution in [1.29, 1.82) is 0 Å². The molecule has 2 fully saturated rings. The van der Waals surface area contributed by atoms with E-state index in [1.807, 2.05) is 4.90 Å². The maximum absolute atomic E-state index is 12.4. The van der Waals surface area contributed by atoms with Gasteiger partial charge in [0.25, 0.3) is 5.91 Å². The quantitative estimate of drug-likeness (QED) is 0.830. The second kappa shape index (κ2) is 5.15. The van der Waals surface area contributed by atoms with E-state index in [9.17, 15) is 9.59 Å². The molecule has 3 amide bonds. The van der Waals surface area contributed by atoms with Crippen LogP contribution in [0.2, 0.25) is 0 Å². The average Bonchev–Trinajstić information content (AvgIpc) is 2.84. The Morgan fingerprint density at radius 1 is 1.25 bits per heavy atom. The Labute approximate surface area is 118 Å². The molecule has 1 atom stereocenters. The maximum Gasteiger partial charge on any atom is 0.327 e. The zero-order valence-electron chi connectivity index (χ0n) is 11.5. The van der Waals surface area contributed by atoms with Gasteiger partial charge >= 0.3 is 6.03 Å². The number of amides is 3. The van der Waals surface area contributed by atoms with E-state index in [4.69, 9.17) is 4.74 Å². The van der Waals surface area contributed by atoms with Crippen molar-refractivity contribution < 1.29 is 14.3 Å². The van der Waals surface area contributed by atoms with E-state index in [2.05, 4.69) is 0 Å². The molecule has 106 valence electrons. The molecule has 0 radical (unpaired) electrons. The van der Waals surface area contributed by atoms with E-state index in [1.54, 1.807) is 31.4 Å². The highest BCUT2D eigenvalue weighted by Gasteiger charge is 2.41. The summed E-state index contributed by atoms with van der Waals surface area (Å²) >= 11 is 0. The Morgan fingerprint density at radius 2 is 2.00 bits per heavy atom. The molecule has 1 unspecified atom stereocenters. The topological polar surface area (TPSA) is 49.9 Å². The first-order valence-electron chi connectivity index (χ1n) is 6.97. The van der Waals surface area contributed by atoms with Crippen molar-refractivity contribution in [2.45, 2.75) is 25.3 Å². The van der Waals surface area contributed by atoms with Gasteiger partial charge in [0.2, 0.25) is 0 Å². The van der Waals surface area contributed by atoms with Crippen LogP contribution >= 0.6 is 0 Å². The summed E-state index contributed by atoms with van der Waals surface area (Å²) in [4.78, 5) is 27.9. The van der Waals surface area contributed by atoms with Gasteiger partial charge in [0.05, 0.1) is 19.7 Å². The van der Waals surface area contributed by atoms with E-state index in [0.717, 1.165) is 25.8 Å². The van der Waals surface area contributed by atoms with E-state index in [-0.39, 0.29) is 18.0 Å². The third-order valence-electron chi connectivity index (χ3n) is 4.08. The van der Waals surface area contributed by atoms with Crippen LogP contribution in [0.25, 0.3) is 0 Å². The maximum atomic E-state index is 12.4. The monoisotopic (exact) mass is 274 g/mol. The normalized spacial score (nSPS) is 21.9. The van der Waals surface area contributed by atoms with Crippen LogP contribution in [0.4, 0.5) is 4.79 Å². The van der Waals surface area contributed by atoms with Crippen LogP contribution in [0, 0.1) is 0 Å². The first-order valence-corrected chi connectivity index (χ1v) is 6.97. The molecule has 0 aromatic heterocycles. The fourth-order valence-electron chi connectivity index (χ4n) is 2.95. The van der Waals surface area contributed by atoms with Gasteiger partial charge in [0.1, 0.15) is 5.75 Å². The molecule has 2 aliphatic rings. The lowest BCUT2D eigenvalue weighted by atomic mass is 10.0. The molecule has 5 heteroatoms. The summed E-state index contributed by atoms with van der Waals surface area (Å²) in [7, 11) is 1.58. The summed E-state index contributed by atoms with van der Waals surface area (Å²) in [5, 5.41) is 0. The van der Waals surface area contributed by atoms with Crippen LogP contribution in [-0.4, -0.2) is 48.0 Å². The van der Waals surface area contributed by atoms with Crippen molar-refractivity contribution >= 4 is 11.9 Å². The van der Waals surface area contributed by atoms with Gasteiger partial charge < -0.3 is 9.64 Å². The highest BCUT2D eigenvalue weighted by atomic mass is 16.5. The van der Waals surface area contributed by atoms with Crippen molar-refractivity contribution in [1.82, 2.24) is 9.80 Å². The van der Waals surface area contributed by atoms with Gasteiger partial charge in [-0.2, -0.15) is 0 Å². The minimum Gasteiger partial charge on any atom is -0.497 e. The second-order valence-corrected chi connectivity index (χ2v) is 5.27. The number of ether oxygens (including phenoxy) is 1. The fourth-order valence-corrected chi connectivity index (χ4v) is 2.95. The number of carbonyl (C=O) groups is 2. The molecule has 2 heterocycles. The van der Waals surface area contributed by atoms with Crippen LogP contribution in [-0.2, 0) is 0 Å². The Bertz CT molecular complexity index is 526. The van der Waals surface area contributed by atoms with Crippen LogP contribution in [0.15, 0.2) is 24.3 Å². The summed E-state index contributed by atoms with van der Waals surface area (Å²) in [6.45, 7) is 1.29. The highest BCUT2D eigenvalue weighted by Crippen LogP contribution is 2.26. The number of rotatable bonds is 2. The van der Waals surface area contributed by atoms with Gasteiger partial charge in [-0.25, -0.2) is 4.79 Å². The van der Waals surface area contributed by atoms with E-state index in [0.29, 0.717) is 17.9 Å². The molecule has 5 nitrogen and oxygen atoms in total. The molecule has 0 bridgehead atoms. The van der Waals surface area contributed by atoms with Gasteiger partial charge in [0, 0.05) is 12.1 Å². The zero-order valence-corrected chi connectivity index (χ0v) is 11.5. The average molecular weight is 274 g/mol. The number of hydrogen-bond acceptors (Lipinski definition) is 3. The van der Waals surface area contributed by atoms with E-state index < -0.39 is 0 Å². The molecule has 1 aromatic carbocycles. The van der Waals surface area contributed by atoms with Crippen LogP contribution in [0.1, 0.15) is 29.6 Å². The first kappa shape index (κ1) is 13.0. The SMILES string of the molecule is COc1ccc(C(=O)N2CC3CCCCN3C2=O)cc1. The summed E-state index contributed by atoms with van der Waals surface area (Å²) < 4.78 is 5.07. The lowest BCUT2D eigenvalue weighted by Crippen LogP contribution is -2.39. The number of urea groups is 1. The third-order valence-corrected chi connectivity index (χ3v) is 4.08. The Balaban J connectivity index is 1.78. The number of carbonyl (C=O) groups excluding carboxylic acids is 2. The second-order valence-electron chi connectivity index (χ2n) is 5.27. The molecule has 0 N–H and O–H groups in total. The standard InChI is InChI=1S/C15H18N2O3/c1-20-13-7-5-11(6-8-13)14(18)17-10-12-4-2-3-9-16(12)15(17)19/h5-8,12H,2-4,9-10H2,1H3. The van der Waals surface area contributed by atoms with Gasteiger partial charge in [-0.05, 0) is 43.5 Å². The number of nitrogens with zero attached hydrogens (tertiary/aromatic N) is 2. The largest absolute Gasteiger partial charge is 0.497 e. The molecular formula is C15H18N2O3. The minimum absolute atomic E-state index is 0.143. The summed E-state index contributed by atoms with van der Waals surface area (Å²) in [5.41, 5.74) is 0.527. The Hall–Kier alpha value is -2.04. The summed E-state index contributed by atoms with van der Waals surface area (Å²) in [6, 6.07) is 6.94. The van der Waals surface area contributed by atoms with Crippen LogP contribution in [0.3, 0.4) is 0 Å². The Kier molecular flexibility index (Phi) is 3.34. The molecule has 0 aliphatic carbocycles. The molecule has 1 aromatic rings. The van der Waals surface area contributed by atoms with Crippen molar-refractivity contribution in [3.63, 3.8) is 0 Å². The third kappa shape index (κ3) is 2.13. The van der Waals surface area contributed by atoms with Crippen LogP contribution < -0.4 is 4.74 Å². The highest BCUT2D eigenvalue weighted by molar-refractivity contribution is 6.05. The number of piperidine rings is 1. The smallest absolute Gasteiger partial charge is 0.327 e. The molecule has 2 saturated heterocycles. The number of imide groups is 1. The number of hydrogen-bond donors (Lipinski definition) is 0. The lowest BCUT2D eigenvalue weighted by molar-refractivity contribution is 0.0822. The van der Waals surface area contributed by atoms with Crippen molar-refractivity contribution in [3.8, 4) is 5.75 Å². The van der Waals surface area contributed by atoms with Crippen molar-refractivity contribution in [2.75, 3.05) is 20.2 Å². The van der Waals surface area contributed by atoms with E-state index in [1.165, 1.54) is 4.90 Å². The predicted octanol–water partition coefficient (Wildman–Crippen LogP) is 2.13. The number of fused-ring (bicyclic) bond motifs is 1. The molecule has 3 rings (SSSR count). The molecule has 0 saturated carbocycles. The van der Waals surface area contributed by atoms with Gasteiger partial charge in [-0.1, -0.05) is 0 Å². The fraction of sp³-hybridized carbons (Fsp3) is 0.467. The van der Waals surface area contributed by atoms with Gasteiger partial charge in [0.15, 0.2) is 0 Å². The minimum atomic E-state index is -0.216. The summed E-state index contributed by atoms with van der Waals surface area (Å²) in [5.74, 6) is 0.485. The van der Waals surface area contributed by atoms with Gasteiger partial charge in [-0.15, -0.1) is 0 Å². The molecular weight excluding hydrogens is 256 g/mol.